The van der Waals surface area contributed by atoms with Crippen LogP contribution in [0, 0.1) is 13.8 Å². The fourth-order valence-corrected chi connectivity index (χ4v) is 1.60. The summed E-state index contributed by atoms with van der Waals surface area (Å²) in [7, 11) is 0. The highest BCUT2D eigenvalue weighted by molar-refractivity contribution is 5.93. The molecule has 0 aliphatic heterocycles. The third kappa shape index (κ3) is 2.91. The SMILES string of the molecule is Cc1ncc(C(=O)NCc2ccccc2C)cn1. The van der Waals surface area contributed by atoms with Crippen molar-refractivity contribution < 1.29 is 4.79 Å². The highest BCUT2D eigenvalue weighted by Crippen LogP contribution is 2.06. The molecule has 0 saturated carbocycles. The van der Waals surface area contributed by atoms with Gasteiger partial charge < -0.3 is 5.32 Å². The van der Waals surface area contributed by atoms with E-state index in [1.807, 2.05) is 31.2 Å². The lowest BCUT2D eigenvalue weighted by Gasteiger charge is -2.07. The van der Waals surface area contributed by atoms with Gasteiger partial charge in [-0.05, 0) is 25.0 Å². The van der Waals surface area contributed by atoms with Gasteiger partial charge >= 0.3 is 0 Å². The molecule has 4 nitrogen and oxygen atoms in total. The molecule has 0 bridgehead atoms. The Morgan fingerprint density at radius 2 is 1.83 bits per heavy atom. The van der Waals surface area contributed by atoms with E-state index in [0.717, 1.165) is 11.1 Å². The molecule has 0 atom stereocenters. The molecule has 0 saturated heterocycles. The van der Waals surface area contributed by atoms with Crippen LogP contribution in [0.4, 0.5) is 0 Å². The zero-order valence-corrected chi connectivity index (χ0v) is 10.5. The predicted molar refractivity (Wildman–Crippen MR) is 69.1 cm³/mol. The second-order valence-corrected chi connectivity index (χ2v) is 4.13. The Labute approximate surface area is 106 Å². The Morgan fingerprint density at radius 1 is 1.17 bits per heavy atom. The van der Waals surface area contributed by atoms with E-state index in [4.69, 9.17) is 0 Å². The molecule has 18 heavy (non-hydrogen) atoms. The van der Waals surface area contributed by atoms with E-state index in [1.54, 1.807) is 6.92 Å². The van der Waals surface area contributed by atoms with Crippen molar-refractivity contribution in [1.82, 2.24) is 15.3 Å². The molecule has 0 fully saturated rings. The average Bonchev–Trinajstić information content (AvgIpc) is 2.38. The van der Waals surface area contributed by atoms with Crippen molar-refractivity contribution in [2.75, 3.05) is 0 Å². The molecular formula is C14H15N3O. The maximum absolute atomic E-state index is 11.8. The summed E-state index contributed by atoms with van der Waals surface area (Å²) in [6, 6.07) is 7.97. The van der Waals surface area contributed by atoms with Crippen molar-refractivity contribution in [3.63, 3.8) is 0 Å². The summed E-state index contributed by atoms with van der Waals surface area (Å²) in [5.41, 5.74) is 2.76. The van der Waals surface area contributed by atoms with Crippen molar-refractivity contribution in [2.45, 2.75) is 20.4 Å². The van der Waals surface area contributed by atoms with Crippen molar-refractivity contribution in [3.8, 4) is 0 Å². The summed E-state index contributed by atoms with van der Waals surface area (Å²) in [6.07, 6.45) is 3.07. The quantitative estimate of drug-likeness (QED) is 0.894. The molecule has 1 N–H and O–H groups in total. The lowest BCUT2D eigenvalue weighted by molar-refractivity contribution is 0.0950. The molecule has 1 aromatic heterocycles. The minimum Gasteiger partial charge on any atom is -0.348 e. The molecule has 0 aliphatic rings. The van der Waals surface area contributed by atoms with Crippen molar-refractivity contribution in [3.05, 3.63) is 59.2 Å². The number of aryl methyl sites for hydroxylation is 2. The van der Waals surface area contributed by atoms with Crippen LogP contribution in [0.15, 0.2) is 36.7 Å². The molecule has 1 aromatic carbocycles. The smallest absolute Gasteiger partial charge is 0.254 e. The molecule has 4 heteroatoms. The first-order valence-corrected chi connectivity index (χ1v) is 5.78. The number of aromatic nitrogens is 2. The van der Waals surface area contributed by atoms with Crippen molar-refractivity contribution >= 4 is 5.91 Å². The molecule has 1 amide bonds. The van der Waals surface area contributed by atoms with E-state index < -0.39 is 0 Å². The third-order valence-corrected chi connectivity index (χ3v) is 2.74. The van der Waals surface area contributed by atoms with Crippen LogP contribution < -0.4 is 5.32 Å². The number of carbonyl (C=O) groups excluding carboxylic acids is 1. The van der Waals surface area contributed by atoms with Crippen LogP contribution in [0.2, 0.25) is 0 Å². The Balaban J connectivity index is 2.01. The largest absolute Gasteiger partial charge is 0.348 e. The van der Waals surface area contributed by atoms with E-state index in [2.05, 4.69) is 15.3 Å². The van der Waals surface area contributed by atoms with Crippen molar-refractivity contribution in [1.29, 1.82) is 0 Å². The Morgan fingerprint density at radius 3 is 2.50 bits per heavy atom. The van der Waals surface area contributed by atoms with E-state index in [0.29, 0.717) is 17.9 Å². The summed E-state index contributed by atoms with van der Waals surface area (Å²) in [5.74, 6) is 0.503. The summed E-state index contributed by atoms with van der Waals surface area (Å²) in [5, 5.41) is 2.86. The third-order valence-electron chi connectivity index (χ3n) is 2.74. The predicted octanol–water partition coefficient (Wildman–Crippen LogP) is 2.02. The Hall–Kier alpha value is -2.23. The maximum atomic E-state index is 11.8. The van der Waals surface area contributed by atoms with Crippen LogP contribution in [0.25, 0.3) is 0 Å². The van der Waals surface area contributed by atoms with Crippen molar-refractivity contribution in [2.24, 2.45) is 0 Å². The summed E-state index contributed by atoms with van der Waals surface area (Å²) >= 11 is 0. The normalized spacial score (nSPS) is 10.1. The van der Waals surface area contributed by atoms with Gasteiger partial charge in [-0.25, -0.2) is 9.97 Å². The van der Waals surface area contributed by atoms with Gasteiger partial charge in [-0.1, -0.05) is 24.3 Å². The zero-order chi connectivity index (χ0) is 13.0. The number of rotatable bonds is 3. The van der Waals surface area contributed by atoms with Gasteiger partial charge in [-0.3, -0.25) is 4.79 Å². The second kappa shape index (κ2) is 5.40. The highest BCUT2D eigenvalue weighted by Gasteiger charge is 2.06. The van der Waals surface area contributed by atoms with Crippen LogP contribution in [-0.4, -0.2) is 15.9 Å². The number of nitrogens with zero attached hydrogens (tertiary/aromatic N) is 2. The monoisotopic (exact) mass is 241 g/mol. The number of amides is 1. The molecule has 92 valence electrons. The first-order chi connectivity index (χ1) is 8.66. The lowest BCUT2D eigenvalue weighted by Crippen LogP contribution is -2.23. The van der Waals surface area contributed by atoms with Gasteiger partial charge in [0.15, 0.2) is 0 Å². The molecule has 0 spiro atoms. The molecule has 0 unspecified atom stereocenters. The van der Waals surface area contributed by atoms with Crippen LogP contribution >= 0.6 is 0 Å². The van der Waals surface area contributed by atoms with Crippen LogP contribution in [0.3, 0.4) is 0 Å². The van der Waals surface area contributed by atoms with Crippen LogP contribution in [-0.2, 0) is 6.54 Å². The fraction of sp³-hybridized carbons (Fsp3) is 0.214. The molecule has 0 aliphatic carbocycles. The molecular weight excluding hydrogens is 226 g/mol. The van der Waals surface area contributed by atoms with E-state index in [1.165, 1.54) is 12.4 Å². The molecule has 2 rings (SSSR count). The standard InChI is InChI=1S/C14H15N3O/c1-10-5-3-4-6-12(10)7-17-14(18)13-8-15-11(2)16-9-13/h3-6,8-9H,7H2,1-2H3,(H,17,18). The number of hydrogen-bond acceptors (Lipinski definition) is 3. The van der Waals surface area contributed by atoms with Gasteiger partial charge in [0.05, 0.1) is 5.56 Å². The molecule has 0 radical (unpaired) electrons. The van der Waals surface area contributed by atoms with Crippen LogP contribution in [0.5, 0.6) is 0 Å². The average molecular weight is 241 g/mol. The number of carbonyl (C=O) groups is 1. The van der Waals surface area contributed by atoms with E-state index in [9.17, 15) is 4.79 Å². The first kappa shape index (κ1) is 12.2. The topological polar surface area (TPSA) is 54.9 Å². The Kier molecular flexibility index (Phi) is 3.67. The van der Waals surface area contributed by atoms with E-state index in [-0.39, 0.29) is 5.91 Å². The molecule has 1 heterocycles. The highest BCUT2D eigenvalue weighted by atomic mass is 16.1. The summed E-state index contributed by atoms with van der Waals surface area (Å²) < 4.78 is 0. The lowest BCUT2D eigenvalue weighted by atomic mass is 10.1. The minimum absolute atomic E-state index is 0.154. The minimum atomic E-state index is -0.154. The van der Waals surface area contributed by atoms with Gasteiger partial charge in [0, 0.05) is 18.9 Å². The summed E-state index contributed by atoms with van der Waals surface area (Å²) in [6.45, 7) is 4.32. The van der Waals surface area contributed by atoms with Gasteiger partial charge in [-0.15, -0.1) is 0 Å². The van der Waals surface area contributed by atoms with Gasteiger partial charge in [0.2, 0.25) is 0 Å². The summed E-state index contributed by atoms with van der Waals surface area (Å²) in [4.78, 5) is 19.9. The number of hydrogen-bond donors (Lipinski definition) is 1. The Bertz CT molecular complexity index is 549. The first-order valence-electron chi connectivity index (χ1n) is 5.78. The van der Waals surface area contributed by atoms with E-state index >= 15 is 0 Å². The molecule has 2 aromatic rings. The second-order valence-electron chi connectivity index (χ2n) is 4.13. The van der Waals surface area contributed by atoms with Gasteiger partial charge in [0.1, 0.15) is 5.82 Å². The van der Waals surface area contributed by atoms with Crippen LogP contribution in [0.1, 0.15) is 27.3 Å². The van der Waals surface area contributed by atoms with Gasteiger partial charge in [0.25, 0.3) is 5.91 Å². The zero-order valence-electron chi connectivity index (χ0n) is 10.5. The van der Waals surface area contributed by atoms with Gasteiger partial charge in [-0.2, -0.15) is 0 Å². The maximum Gasteiger partial charge on any atom is 0.254 e. The fourth-order valence-electron chi connectivity index (χ4n) is 1.60. The number of nitrogens with one attached hydrogen (secondary N) is 1. The number of benzene rings is 1.